The normalized spacial score (nSPS) is 37.1. The Morgan fingerprint density at radius 3 is 1.53 bits per heavy atom. The van der Waals surface area contributed by atoms with E-state index >= 15 is 0 Å². The van der Waals surface area contributed by atoms with Crippen molar-refractivity contribution in [2.45, 2.75) is 181 Å². The van der Waals surface area contributed by atoms with E-state index in [9.17, 15) is 0 Å². The average Bonchev–Trinajstić information content (AvgIpc) is 3.43. The highest BCUT2D eigenvalue weighted by molar-refractivity contribution is 6.27. The highest BCUT2D eigenvalue weighted by Gasteiger charge is 2.71. The van der Waals surface area contributed by atoms with Crippen LogP contribution in [0.2, 0.25) is 0 Å². The van der Waals surface area contributed by atoms with Crippen LogP contribution in [0.3, 0.4) is 0 Å². The summed E-state index contributed by atoms with van der Waals surface area (Å²) in [5.74, 6) is -1.19. The van der Waals surface area contributed by atoms with Crippen molar-refractivity contribution < 1.29 is 72.5 Å². The van der Waals surface area contributed by atoms with Crippen LogP contribution >= 0.6 is 0 Å². The molecule has 16 atom stereocenters. The minimum absolute atomic E-state index is 0.0688. The van der Waals surface area contributed by atoms with Gasteiger partial charge in [-0.25, -0.2) is 29.1 Å². The summed E-state index contributed by atoms with van der Waals surface area (Å²) in [5.41, 5.74) is -0.464. The molecular formula is C56H88N8O15. The number of ether oxygens (including phenoxy) is 7. The third-order valence-electron chi connectivity index (χ3n) is 18.4. The van der Waals surface area contributed by atoms with Gasteiger partial charge in [0.1, 0.15) is 5.75 Å². The van der Waals surface area contributed by atoms with Crippen LogP contribution in [0.4, 0.5) is 23.5 Å². The number of fused-ring (bicyclic) bond motifs is 4. The third-order valence-corrected chi connectivity index (χ3v) is 18.4. The predicted octanol–water partition coefficient (Wildman–Crippen LogP) is 7.47. The lowest BCUT2D eigenvalue weighted by molar-refractivity contribution is -0.577. The summed E-state index contributed by atoms with van der Waals surface area (Å²) in [4.78, 5) is 62.4. The molecule has 9 heterocycles. The number of aliphatic carboxylic acids is 2. The third kappa shape index (κ3) is 12.6. The van der Waals surface area contributed by atoms with Gasteiger partial charge < -0.3 is 59.3 Å². The maximum Gasteiger partial charge on any atom is 0.414 e. The lowest BCUT2D eigenvalue weighted by atomic mass is 9.58. The van der Waals surface area contributed by atoms with E-state index in [1.165, 1.54) is 0 Å². The van der Waals surface area contributed by atoms with Crippen molar-refractivity contribution in [3.05, 3.63) is 24.3 Å². The van der Waals surface area contributed by atoms with E-state index < -0.39 is 59.9 Å². The highest BCUT2D eigenvalue weighted by Crippen LogP contribution is 2.62. The van der Waals surface area contributed by atoms with Crippen LogP contribution in [0, 0.1) is 47.3 Å². The molecular weight excluding hydrogens is 1020 g/mol. The van der Waals surface area contributed by atoms with Crippen LogP contribution < -0.4 is 20.7 Å². The second-order valence-corrected chi connectivity index (χ2v) is 24.2. The van der Waals surface area contributed by atoms with E-state index in [-0.39, 0.29) is 35.5 Å². The molecule has 442 valence electrons. The molecule has 2 spiro atoms. The van der Waals surface area contributed by atoms with Gasteiger partial charge in [0.15, 0.2) is 36.4 Å². The van der Waals surface area contributed by atoms with Crippen molar-refractivity contribution in [3.8, 4) is 5.75 Å². The molecule has 4 bridgehead atoms. The molecule has 10 fully saturated rings. The van der Waals surface area contributed by atoms with Crippen LogP contribution in [-0.2, 0) is 57.6 Å². The first kappa shape index (κ1) is 59.5. The molecule has 2 saturated carbocycles. The number of rotatable bonds is 21. The van der Waals surface area contributed by atoms with Gasteiger partial charge in [0.2, 0.25) is 29.4 Å². The molecule has 0 amide bonds. The van der Waals surface area contributed by atoms with Crippen LogP contribution in [0.25, 0.3) is 0 Å². The fraction of sp³-hybridized carbons (Fsp3) is 0.804. The molecule has 5 N–H and O–H groups in total. The fourth-order valence-corrected chi connectivity index (χ4v) is 14.2. The standard InChI is InChI=1S/C54H86N8O11.C2H2O4/c1-32(2)62(33(3)4)27-25-56-49-58-48(59-50(60-49)57-38-14-16-39(63-11)17-15-38)55-24-26-61(28-30-64-44-36(7)42-18-12-34(5)40-20-22-51(9)68-46(66-44)53(40,42)72-70-51)29-31-65-45-37(8)43-19-13-35(6)41-21-23-52(10)69-47(67-45)54(41,43)73-71-52;3-1(4)2(5)6/h14-17,32-37,40-47H,12-13,18-31H2,1-11H3,(H3,55,56,57,58,59,60);(H,3,4)(H,5,6)/t34-,35-,36-,37-,40+,41+,42+,43+,44+,45+,46-,47-,51-,52-,53-,54-;/m1./s1. The van der Waals surface area contributed by atoms with Gasteiger partial charge in [0, 0.05) is 93.6 Å². The zero-order valence-corrected chi connectivity index (χ0v) is 48.1. The van der Waals surface area contributed by atoms with Gasteiger partial charge in [-0.1, -0.05) is 27.7 Å². The van der Waals surface area contributed by atoms with Gasteiger partial charge in [-0.05, 0) is 128 Å². The topological polar surface area (TPSA) is 257 Å². The Bertz CT molecular complexity index is 2270. The van der Waals surface area contributed by atoms with E-state index in [1.807, 2.05) is 38.1 Å². The number of nitrogens with one attached hydrogen (secondary N) is 3. The van der Waals surface area contributed by atoms with Crippen molar-refractivity contribution in [1.29, 1.82) is 0 Å². The Morgan fingerprint density at radius 1 is 0.633 bits per heavy atom. The number of nitrogens with zero attached hydrogens (tertiary/aromatic N) is 5. The summed E-state index contributed by atoms with van der Waals surface area (Å²) in [7, 11) is 1.66. The van der Waals surface area contributed by atoms with Crippen molar-refractivity contribution >= 4 is 35.5 Å². The fourth-order valence-electron chi connectivity index (χ4n) is 14.2. The maximum absolute atomic E-state index is 9.10. The Hall–Kier alpha value is -4.11. The molecule has 23 heteroatoms. The number of aromatic nitrogens is 3. The summed E-state index contributed by atoms with van der Waals surface area (Å²) in [6, 6.07) is 8.49. The summed E-state index contributed by atoms with van der Waals surface area (Å²) < 4.78 is 45.9. The number of carboxylic acids is 2. The number of anilines is 4. The van der Waals surface area contributed by atoms with Gasteiger partial charge in [-0.15, -0.1) is 0 Å². The summed E-state index contributed by atoms with van der Waals surface area (Å²) in [6.45, 7) is 26.7. The van der Waals surface area contributed by atoms with Gasteiger partial charge >= 0.3 is 11.9 Å². The molecule has 23 nitrogen and oxygen atoms in total. The highest BCUT2D eigenvalue weighted by atomic mass is 17.3. The van der Waals surface area contributed by atoms with Gasteiger partial charge in [-0.3, -0.25) is 9.80 Å². The Kier molecular flexibility index (Phi) is 18.7. The zero-order valence-electron chi connectivity index (χ0n) is 48.1. The maximum atomic E-state index is 9.10. The van der Waals surface area contributed by atoms with E-state index in [1.54, 1.807) is 7.11 Å². The van der Waals surface area contributed by atoms with Crippen molar-refractivity contribution in [2.24, 2.45) is 47.3 Å². The molecule has 2 aromatic rings. The SMILES string of the molecule is COc1ccc(Nc2nc(NCCN(CCO[C@H]3O[C@@H]4O[C@@]5(C)CC[C@H]6[C@H](C)CC[C@@H]([C@H]3C)[C@@]46OO5)CCO[C@H]3O[C@@H]4O[C@@]5(C)CC[C@H]6[C@H](C)CC[C@@H]([C@H]3C)[C@@]46OO5)nc(NCCN(C(C)C)C(C)C)n2)cc1.O=C(O)C(=O)O. The van der Waals surface area contributed by atoms with Crippen LogP contribution in [-0.4, -0.2) is 167 Å². The van der Waals surface area contributed by atoms with Crippen molar-refractivity contribution in [3.63, 3.8) is 0 Å². The first-order valence-corrected chi connectivity index (χ1v) is 28.9. The largest absolute Gasteiger partial charge is 0.497 e. The number of hydrogen-bond acceptors (Lipinski definition) is 21. The minimum Gasteiger partial charge on any atom is -0.497 e. The molecule has 0 unspecified atom stereocenters. The molecule has 12 rings (SSSR count). The predicted molar refractivity (Wildman–Crippen MR) is 287 cm³/mol. The number of carbonyl (C=O) groups is 2. The Morgan fingerprint density at radius 2 is 1.09 bits per heavy atom. The Balaban J connectivity index is 0.00000119. The van der Waals surface area contributed by atoms with Gasteiger partial charge in [-0.2, -0.15) is 15.0 Å². The first-order chi connectivity index (χ1) is 37.7. The molecule has 79 heavy (non-hydrogen) atoms. The second-order valence-electron chi connectivity index (χ2n) is 24.2. The van der Waals surface area contributed by atoms with Crippen molar-refractivity contribution in [1.82, 2.24) is 24.8 Å². The van der Waals surface area contributed by atoms with Gasteiger partial charge in [0.05, 0.1) is 20.3 Å². The molecule has 0 radical (unpaired) electrons. The van der Waals surface area contributed by atoms with Crippen molar-refractivity contribution in [2.75, 3.05) is 75.5 Å². The minimum atomic E-state index is -1.82. The summed E-state index contributed by atoms with van der Waals surface area (Å²) >= 11 is 0. The van der Waals surface area contributed by atoms with Gasteiger partial charge in [0.25, 0.3) is 0 Å². The van der Waals surface area contributed by atoms with E-state index in [2.05, 4.69) is 81.1 Å². The molecule has 1 aromatic heterocycles. The van der Waals surface area contributed by atoms with Crippen LogP contribution in [0.15, 0.2) is 24.3 Å². The quantitative estimate of drug-likeness (QED) is 0.0600. The zero-order chi connectivity index (χ0) is 56.4. The summed E-state index contributed by atoms with van der Waals surface area (Å²) in [5, 5.41) is 25.1. The number of benzene rings is 1. The van der Waals surface area contributed by atoms with Crippen LogP contribution in [0.1, 0.15) is 121 Å². The molecule has 10 aliphatic rings. The van der Waals surface area contributed by atoms with Crippen LogP contribution in [0.5, 0.6) is 5.75 Å². The number of carboxylic acid groups (broad SMARTS) is 2. The first-order valence-electron chi connectivity index (χ1n) is 28.9. The smallest absolute Gasteiger partial charge is 0.414 e. The Labute approximate surface area is 464 Å². The monoisotopic (exact) mass is 1110 g/mol. The number of methoxy groups -OCH3 is 1. The molecule has 1 aromatic carbocycles. The molecule has 8 saturated heterocycles. The molecule has 8 aliphatic heterocycles. The second kappa shape index (κ2) is 24.8. The lowest BCUT2D eigenvalue weighted by Gasteiger charge is -2.60. The van der Waals surface area contributed by atoms with E-state index in [4.69, 9.17) is 87.5 Å². The summed E-state index contributed by atoms with van der Waals surface area (Å²) in [6.07, 6.45) is 5.70. The number of hydrogen-bond donors (Lipinski definition) is 5. The lowest BCUT2D eigenvalue weighted by Crippen LogP contribution is -2.70. The average molecular weight is 1110 g/mol. The molecule has 2 aliphatic carbocycles. The van der Waals surface area contributed by atoms with E-state index in [0.29, 0.717) is 87.7 Å². The van der Waals surface area contributed by atoms with E-state index in [0.717, 1.165) is 69.3 Å².